The van der Waals surface area contributed by atoms with Gasteiger partial charge in [-0.2, -0.15) is 5.10 Å². The Hall–Kier alpha value is -2.24. The minimum atomic E-state index is -0.208. The molecule has 0 bridgehead atoms. The van der Waals surface area contributed by atoms with E-state index in [1.165, 1.54) is 6.07 Å². The molecule has 0 aliphatic heterocycles. The SMILES string of the molecule is Nc1n[nH]c(-c2cccc(=O)[nH]2)c1-c1ccc(Cl)c(Cl)c1. The molecular weight excluding hydrogens is 311 g/mol. The molecule has 0 saturated carbocycles. The fourth-order valence-corrected chi connectivity index (χ4v) is 2.39. The molecule has 1 aromatic carbocycles. The van der Waals surface area contributed by atoms with Crippen molar-refractivity contribution in [3.63, 3.8) is 0 Å². The highest BCUT2D eigenvalue weighted by Gasteiger charge is 2.16. The van der Waals surface area contributed by atoms with Crippen LogP contribution in [0.2, 0.25) is 10.0 Å². The van der Waals surface area contributed by atoms with Crippen LogP contribution in [0.25, 0.3) is 22.5 Å². The number of nitrogens with two attached hydrogens (primary N) is 1. The monoisotopic (exact) mass is 320 g/mol. The van der Waals surface area contributed by atoms with Crippen molar-refractivity contribution < 1.29 is 0 Å². The number of aromatic amines is 2. The molecular formula is C14H10Cl2N4O. The number of pyridine rings is 1. The molecule has 3 rings (SSSR count). The first-order chi connectivity index (χ1) is 10.1. The third kappa shape index (κ3) is 2.53. The highest BCUT2D eigenvalue weighted by atomic mass is 35.5. The van der Waals surface area contributed by atoms with E-state index in [1.54, 1.807) is 30.3 Å². The molecule has 4 N–H and O–H groups in total. The van der Waals surface area contributed by atoms with E-state index in [1.807, 2.05) is 0 Å². The Labute approximate surface area is 129 Å². The van der Waals surface area contributed by atoms with Gasteiger partial charge in [0.2, 0.25) is 5.56 Å². The quantitative estimate of drug-likeness (QED) is 0.676. The molecule has 0 aliphatic rings. The number of benzene rings is 1. The largest absolute Gasteiger partial charge is 0.382 e. The maximum atomic E-state index is 11.5. The fraction of sp³-hybridized carbons (Fsp3) is 0. The van der Waals surface area contributed by atoms with Gasteiger partial charge in [-0.1, -0.05) is 35.3 Å². The lowest BCUT2D eigenvalue weighted by Gasteiger charge is -2.06. The summed E-state index contributed by atoms with van der Waals surface area (Å²) in [6.07, 6.45) is 0. The molecule has 0 aliphatic carbocycles. The summed E-state index contributed by atoms with van der Waals surface area (Å²) in [5.41, 5.74) is 8.35. The summed E-state index contributed by atoms with van der Waals surface area (Å²) in [7, 11) is 0. The number of nitrogens with zero attached hydrogens (tertiary/aromatic N) is 1. The van der Waals surface area contributed by atoms with Crippen molar-refractivity contribution in [1.82, 2.24) is 15.2 Å². The summed E-state index contributed by atoms with van der Waals surface area (Å²) in [6.45, 7) is 0. The van der Waals surface area contributed by atoms with Gasteiger partial charge in [-0.15, -0.1) is 0 Å². The summed E-state index contributed by atoms with van der Waals surface area (Å²) in [5.74, 6) is 0.313. The summed E-state index contributed by atoms with van der Waals surface area (Å²) < 4.78 is 0. The van der Waals surface area contributed by atoms with Crippen LogP contribution in [0.15, 0.2) is 41.2 Å². The van der Waals surface area contributed by atoms with Gasteiger partial charge in [-0.25, -0.2) is 0 Å². The number of halogens is 2. The molecule has 2 heterocycles. The molecule has 3 aromatic rings. The Bertz CT molecular complexity index is 869. The highest BCUT2D eigenvalue weighted by molar-refractivity contribution is 6.42. The van der Waals surface area contributed by atoms with Crippen LogP contribution in [-0.2, 0) is 0 Å². The van der Waals surface area contributed by atoms with Gasteiger partial charge in [0.1, 0.15) is 0 Å². The van der Waals surface area contributed by atoms with Crippen LogP contribution in [0, 0.1) is 0 Å². The van der Waals surface area contributed by atoms with Crippen LogP contribution >= 0.6 is 23.2 Å². The van der Waals surface area contributed by atoms with E-state index >= 15 is 0 Å². The normalized spacial score (nSPS) is 10.8. The maximum Gasteiger partial charge on any atom is 0.248 e. The van der Waals surface area contributed by atoms with Crippen LogP contribution in [0.4, 0.5) is 5.82 Å². The Morgan fingerprint density at radius 2 is 1.90 bits per heavy atom. The van der Waals surface area contributed by atoms with Gasteiger partial charge >= 0.3 is 0 Å². The van der Waals surface area contributed by atoms with Crippen LogP contribution in [0.3, 0.4) is 0 Å². The van der Waals surface area contributed by atoms with Crippen molar-refractivity contribution in [3.8, 4) is 22.5 Å². The Kier molecular flexibility index (Phi) is 3.45. The van der Waals surface area contributed by atoms with E-state index in [0.29, 0.717) is 32.8 Å². The second kappa shape index (κ2) is 5.27. The van der Waals surface area contributed by atoms with Crippen molar-refractivity contribution in [2.45, 2.75) is 0 Å². The zero-order valence-electron chi connectivity index (χ0n) is 10.7. The van der Waals surface area contributed by atoms with Crippen LogP contribution in [0.5, 0.6) is 0 Å². The fourth-order valence-electron chi connectivity index (χ4n) is 2.09. The van der Waals surface area contributed by atoms with Gasteiger partial charge in [0, 0.05) is 6.07 Å². The molecule has 0 unspecified atom stereocenters. The Balaban J connectivity index is 2.21. The van der Waals surface area contributed by atoms with Gasteiger partial charge in [0.05, 0.1) is 27.0 Å². The molecule has 0 amide bonds. The lowest BCUT2D eigenvalue weighted by Crippen LogP contribution is -2.04. The summed E-state index contributed by atoms with van der Waals surface area (Å²) in [5, 5.41) is 7.71. The summed E-state index contributed by atoms with van der Waals surface area (Å²) >= 11 is 12.0. The maximum absolute atomic E-state index is 11.5. The average molecular weight is 321 g/mol. The number of aromatic nitrogens is 3. The summed E-state index contributed by atoms with van der Waals surface area (Å²) in [4.78, 5) is 14.2. The second-order valence-electron chi connectivity index (χ2n) is 4.42. The molecule has 0 atom stereocenters. The van der Waals surface area contributed by atoms with Crippen molar-refractivity contribution in [2.75, 3.05) is 5.73 Å². The number of anilines is 1. The first kappa shape index (κ1) is 13.7. The van der Waals surface area contributed by atoms with E-state index in [4.69, 9.17) is 28.9 Å². The predicted molar refractivity (Wildman–Crippen MR) is 84.5 cm³/mol. The van der Waals surface area contributed by atoms with E-state index in [-0.39, 0.29) is 5.56 Å². The van der Waals surface area contributed by atoms with Crippen LogP contribution in [0.1, 0.15) is 0 Å². The molecule has 0 radical (unpaired) electrons. The minimum absolute atomic E-state index is 0.208. The van der Waals surface area contributed by atoms with Gasteiger partial charge in [0.25, 0.3) is 0 Å². The number of nitrogen functional groups attached to an aromatic ring is 1. The Morgan fingerprint density at radius 1 is 1.10 bits per heavy atom. The van der Waals surface area contributed by atoms with Gasteiger partial charge in [-0.05, 0) is 23.8 Å². The number of H-pyrrole nitrogens is 2. The second-order valence-corrected chi connectivity index (χ2v) is 5.23. The van der Waals surface area contributed by atoms with Crippen LogP contribution in [-0.4, -0.2) is 15.2 Å². The smallest absolute Gasteiger partial charge is 0.248 e. The Morgan fingerprint density at radius 3 is 2.62 bits per heavy atom. The molecule has 5 nitrogen and oxygen atoms in total. The van der Waals surface area contributed by atoms with Crippen molar-refractivity contribution in [1.29, 1.82) is 0 Å². The average Bonchev–Trinajstić information content (AvgIpc) is 2.84. The van der Waals surface area contributed by atoms with E-state index < -0.39 is 0 Å². The first-order valence-electron chi connectivity index (χ1n) is 6.05. The number of rotatable bonds is 2. The van der Waals surface area contributed by atoms with E-state index in [0.717, 1.165) is 5.56 Å². The number of hydrogen-bond acceptors (Lipinski definition) is 3. The molecule has 0 saturated heterocycles. The lowest BCUT2D eigenvalue weighted by atomic mass is 10.0. The minimum Gasteiger partial charge on any atom is -0.382 e. The highest BCUT2D eigenvalue weighted by Crippen LogP contribution is 2.36. The third-order valence-electron chi connectivity index (χ3n) is 3.04. The standard InChI is InChI=1S/C14H10Cl2N4O/c15-8-5-4-7(6-9(8)16)12-13(19-20-14(12)17)10-2-1-3-11(21)18-10/h1-6H,(H,18,21)(H3,17,19,20). The molecule has 0 spiro atoms. The molecule has 2 aromatic heterocycles. The van der Waals surface area contributed by atoms with Crippen molar-refractivity contribution in [2.24, 2.45) is 0 Å². The zero-order chi connectivity index (χ0) is 15.0. The zero-order valence-corrected chi connectivity index (χ0v) is 12.2. The molecule has 21 heavy (non-hydrogen) atoms. The number of hydrogen-bond donors (Lipinski definition) is 3. The topological polar surface area (TPSA) is 87.6 Å². The molecule has 0 fully saturated rings. The van der Waals surface area contributed by atoms with E-state index in [9.17, 15) is 4.79 Å². The summed E-state index contributed by atoms with van der Waals surface area (Å²) in [6, 6.07) is 10.0. The third-order valence-corrected chi connectivity index (χ3v) is 3.78. The van der Waals surface area contributed by atoms with E-state index in [2.05, 4.69) is 15.2 Å². The van der Waals surface area contributed by atoms with Crippen molar-refractivity contribution >= 4 is 29.0 Å². The number of nitrogens with one attached hydrogen (secondary N) is 2. The van der Waals surface area contributed by atoms with Crippen molar-refractivity contribution in [3.05, 3.63) is 56.8 Å². The van der Waals surface area contributed by atoms with Crippen LogP contribution < -0.4 is 11.3 Å². The first-order valence-corrected chi connectivity index (χ1v) is 6.81. The van der Waals surface area contributed by atoms with Gasteiger partial charge in [0.15, 0.2) is 5.82 Å². The predicted octanol–water partition coefficient (Wildman–Crippen LogP) is 3.32. The lowest BCUT2D eigenvalue weighted by molar-refractivity contribution is 1.09. The van der Waals surface area contributed by atoms with Gasteiger partial charge < -0.3 is 10.7 Å². The molecule has 7 heteroatoms. The molecule has 106 valence electrons. The van der Waals surface area contributed by atoms with Gasteiger partial charge in [-0.3, -0.25) is 9.89 Å².